The highest BCUT2D eigenvalue weighted by Gasteiger charge is 2.23. The highest BCUT2D eigenvalue weighted by Crippen LogP contribution is 2.34. The monoisotopic (exact) mass is 514 g/mol. The van der Waals surface area contributed by atoms with Gasteiger partial charge in [-0.2, -0.15) is 0 Å². The Morgan fingerprint density at radius 1 is 0.895 bits per heavy atom. The number of piperazine rings is 1. The first-order valence-electron chi connectivity index (χ1n) is 12.8. The molecule has 1 fully saturated rings. The van der Waals surface area contributed by atoms with Crippen LogP contribution in [0.15, 0.2) is 63.8 Å². The van der Waals surface area contributed by atoms with Gasteiger partial charge in [-0.3, -0.25) is 14.6 Å². The van der Waals surface area contributed by atoms with Crippen molar-refractivity contribution in [2.24, 2.45) is 0 Å². The Labute approximate surface area is 220 Å². The van der Waals surface area contributed by atoms with E-state index in [4.69, 9.17) is 18.6 Å². The lowest BCUT2D eigenvalue weighted by Gasteiger charge is -2.34. The van der Waals surface area contributed by atoms with Gasteiger partial charge in [0.1, 0.15) is 22.8 Å². The predicted octanol–water partition coefficient (Wildman–Crippen LogP) is 4.53. The molecule has 196 valence electrons. The average molecular weight is 515 g/mol. The van der Waals surface area contributed by atoms with Crippen LogP contribution in [-0.4, -0.2) is 55.0 Å². The van der Waals surface area contributed by atoms with Crippen LogP contribution >= 0.6 is 0 Å². The minimum atomic E-state index is -0.108. The number of methoxy groups -OCH3 is 1. The molecule has 0 saturated carbocycles. The number of phenols is 1. The minimum Gasteiger partial charge on any atom is -0.507 e. The number of rotatable bonds is 6. The number of aryl methyl sites for hydroxylation is 1. The molecule has 6 rings (SSSR count). The fourth-order valence-electron chi connectivity index (χ4n) is 5.28. The first kappa shape index (κ1) is 24.3. The standard InChI is InChI=1S/C30H30N2O6/c1-19-28(21-4-6-22(35-2)7-5-21)29(34)23-8-9-25(33)24(30(23)38-19)17-32-13-11-31(12-14-32)16-20-3-10-26-27(15-20)37-18-36-26/h3-10,15,33H,11-14,16-18H2,1-2H3. The molecule has 0 unspecified atom stereocenters. The number of phenolic OH excluding ortho intramolecular Hbond substituents is 1. The van der Waals surface area contributed by atoms with Crippen molar-refractivity contribution in [1.29, 1.82) is 0 Å². The molecular weight excluding hydrogens is 484 g/mol. The van der Waals surface area contributed by atoms with Crippen LogP contribution < -0.4 is 19.6 Å². The normalized spacial score (nSPS) is 15.7. The molecule has 4 aromatic rings. The lowest BCUT2D eigenvalue weighted by Crippen LogP contribution is -2.45. The fourth-order valence-corrected chi connectivity index (χ4v) is 5.28. The number of hydrogen-bond donors (Lipinski definition) is 1. The van der Waals surface area contributed by atoms with E-state index in [2.05, 4.69) is 15.9 Å². The highest BCUT2D eigenvalue weighted by molar-refractivity contribution is 5.86. The summed E-state index contributed by atoms with van der Waals surface area (Å²) in [5, 5.41) is 11.2. The number of hydrogen-bond acceptors (Lipinski definition) is 8. The Morgan fingerprint density at radius 3 is 2.34 bits per heavy atom. The molecule has 0 bridgehead atoms. The van der Waals surface area contributed by atoms with Crippen molar-refractivity contribution in [2.75, 3.05) is 40.1 Å². The maximum Gasteiger partial charge on any atom is 0.231 e. The quantitative estimate of drug-likeness (QED) is 0.402. The molecule has 0 spiro atoms. The van der Waals surface area contributed by atoms with Crippen molar-refractivity contribution < 1.29 is 23.7 Å². The maximum atomic E-state index is 13.5. The number of fused-ring (bicyclic) bond motifs is 2. The second-order valence-corrected chi connectivity index (χ2v) is 9.77. The predicted molar refractivity (Wildman–Crippen MR) is 144 cm³/mol. The third-order valence-corrected chi connectivity index (χ3v) is 7.38. The number of aromatic hydroxyl groups is 1. The Bertz CT molecular complexity index is 1540. The maximum absolute atomic E-state index is 13.5. The van der Waals surface area contributed by atoms with Crippen molar-refractivity contribution >= 4 is 11.0 Å². The number of ether oxygens (including phenoxy) is 3. The van der Waals surface area contributed by atoms with E-state index in [0.29, 0.717) is 34.4 Å². The van der Waals surface area contributed by atoms with Gasteiger partial charge < -0.3 is 23.7 Å². The van der Waals surface area contributed by atoms with Crippen LogP contribution in [0, 0.1) is 6.92 Å². The smallest absolute Gasteiger partial charge is 0.231 e. The van der Waals surface area contributed by atoms with E-state index >= 15 is 0 Å². The van der Waals surface area contributed by atoms with Gasteiger partial charge in [-0.1, -0.05) is 18.2 Å². The molecule has 2 aliphatic heterocycles. The van der Waals surface area contributed by atoms with Gasteiger partial charge in [0.15, 0.2) is 11.5 Å². The molecule has 0 amide bonds. The Morgan fingerprint density at radius 2 is 1.61 bits per heavy atom. The van der Waals surface area contributed by atoms with Gasteiger partial charge in [0, 0.05) is 39.3 Å². The third-order valence-electron chi connectivity index (χ3n) is 7.38. The minimum absolute atomic E-state index is 0.108. The Hall–Kier alpha value is -4.01. The van der Waals surface area contributed by atoms with Crippen LogP contribution in [0.3, 0.4) is 0 Å². The van der Waals surface area contributed by atoms with E-state index in [1.54, 1.807) is 26.2 Å². The van der Waals surface area contributed by atoms with Gasteiger partial charge >= 0.3 is 0 Å². The average Bonchev–Trinajstić information content (AvgIpc) is 3.40. The van der Waals surface area contributed by atoms with Crippen molar-refractivity contribution in [2.45, 2.75) is 20.0 Å². The molecule has 1 N–H and O–H groups in total. The summed E-state index contributed by atoms with van der Waals surface area (Å²) in [6.07, 6.45) is 0. The zero-order chi connectivity index (χ0) is 26.2. The molecule has 0 radical (unpaired) electrons. The van der Waals surface area contributed by atoms with Crippen molar-refractivity contribution in [3.63, 3.8) is 0 Å². The van der Waals surface area contributed by atoms with E-state index in [1.807, 2.05) is 36.4 Å². The largest absolute Gasteiger partial charge is 0.507 e. The van der Waals surface area contributed by atoms with E-state index in [1.165, 1.54) is 5.56 Å². The van der Waals surface area contributed by atoms with Crippen LogP contribution in [-0.2, 0) is 13.1 Å². The van der Waals surface area contributed by atoms with Gasteiger partial charge in [0.05, 0.1) is 23.6 Å². The van der Waals surface area contributed by atoms with Crippen LogP contribution in [0.2, 0.25) is 0 Å². The van der Waals surface area contributed by atoms with Gasteiger partial charge in [0.25, 0.3) is 0 Å². The molecule has 0 aliphatic carbocycles. The molecular formula is C30H30N2O6. The van der Waals surface area contributed by atoms with Crippen LogP contribution in [0.1, 0.15) is 16.9 Å². The summed E-state index contributed by atoms with van der Waals surface area (Å²) >= 11 is 0. The van der Waals surface area contributed by atoms with Gasteiger partial charge in [0.2, 0.25) is 12.2 Å². The van der Waals surface area contributed by atoms with E-state index in [-0.39, 0.29) is 18.0 Å². The first-order valence-corrected chi connectivity index (χ1v) is 12.8. The third kappa shape index (κ3) is 4.57. The zero-order valence-electron chi connectivity index (χ0n) is 21.5. The SMILES string of the molecule is COc1ccc(-c2c(C)oc3c(CN4CCN(Cc5ccc6c(c5)OCO6)CC4)c(O)ccc3c2=O)cc1. The Kier molecular flexibility index (Phi) is 6.43. The lowest BCUT2D eigenvalue weighted by molar-refractivity contribution is 0.121. The molecule has 8 nitrogen and oxygen atoms in total. The second kappa shape index (κ2) is 10.0. The molecule has 1 aromatic heterocycles. The topological polar surface area (TPSA) is 84.6 Å². The van der Waals surface area contributed by atoms with E-state index < -0.39 is 0 Å². The molecule has 3 heterocycles. The highest BCUT2D eigenvalue weighted by atomic mass is 16.7. The van der Waals surface area contributed by atoms with E-state index in [0.717, 1.165) is 55.5 Å². The van der Waals surface area contributed by atoms with Crippen LogP contribution in [0.25, 0.3) is 22.1 Å². The summed E-state index contributed by atoms with van der Waals surface area (Å²) in [4.78, 5) is 18.2. The van der Waals surface area contributed by atoms with Crippen LogP contribution in [0.4, 0.5) is 0 Å². The molecule has 3 aromatic carbocycles. The molecule has 1 saturated heterocycles. The summed E-state index contributed by atoms with van der Waals surface area (Å²) < 4.78 is 22.4. The molecule has 38 heavy (non-hydrogen) atoms. The lowest BCUT2D eigenvalue weighted by atomic mass is 10.0. The Balaban J connectivity index is 1.20. The van der Waals surface area contributed by atoms with E-state index in [9.17, 15) is 9.90 Å². The van der Waals surface area contributed by atoms with Crippen molar-refractivity contribution in [1.82, 2.24) is 9.80 Å². The van der Waals surface area contributed by atoms with Gasteiger partial charge in [-0.05, 0) is 54.4 Å². The fraction of sp³-hybridized carbons (Fsp3) is 0.300. The first-order chi connectivity index (χ1) is 18.5. The van der Waals surface area contributed by atoms with Gasteiger partial charge in [-0.15, -0.1) is 0 Å². The summed E-state index contributed by atoms with van der Waals surface area (Å²) in [5.74, 6) is 2.99. The van der Waals surface area contributed by atoms with Crippen LogP contribution in [0.5, 0.6) is 23.0 Å². The molecule has 0 atom stereocenters. The zero-order valence-corrected chi connectivity index (χ0v) is 21.5. The summed E-state index contributed by atoms with van der Waals surface area (Å²) in [7, 11) is 1.61. The number of benzene rings is 3. The van der Waals surface area contributed by atoms with Crippen molar-refractivity contribution in [3.8, 4) is 34.1 Å². The molecule has 8 heteroatoms. The summed E-state index contributed by atoms with van der Waals surface area (Å²) in [6, 6.07) is 16.7. The second-order valence-electron chi connectivity index (χ2n) is 9.77. The van der Waals surface area contributed by atoms with Crippen molar-refractivity contribution in [3.05, 3.63) is 81.7 Å². The summed E-state index contributed by atoms with van der Waals surface area (Å²) in [5.41, 5.74) is 3.48. The van der Waals surface area contributed by atoms with Gasteiger partial charge in [-0.25, -0.2) is 0 Å². The molecule has 2 aliphatic rings. The summed E-state index contributed by atoms with van der Waals surface area (Å²) in [6.45, 7) is 6.89. The number of nitrogens with zero attached hydrogens (tertiary/aromatic N) is 2.